The molecule has 1 aliphatic carbocycles. The van der Waals surface area contributed by atoms with Crippen LogP contribution in [0.1, 0.15) is 35.4 Å². The van der Waals surface area contributed by atoms with Gasteiger partial charge in [-0.1, -0.05) is 41.9 Å². The van der Waals surface area contributed by atoms with Gasteiger partial charge >= 0.3 is 0 Å². The van der Waals surface area contributed by atoms with Gasteiger partial charge in [-0.3, -0.25) is 4.79 Å². The quantitative estimate of drug-likeness (QED) is 0.855. The highest BCUT2D eigenvalue weighted by atomic mass is 35.5. The molecule has 0 spiro atoms. The summed E-state index contributed by atoms with van der Waals surface area (Å²) in [5.74, 6) is -0.0415. The highest BCUT2D eigenvalue weighted by Gasteiger charge is 2.26. The third-order valence-corrected chi connectivity index (χ3v) is 4.38. The third kappa shape index (κ3) is 2.96. The summed E-state index contributed by atoms with van der Waals surface area (Å²) in [6.07, 6.45) is 3.01. The second-order valence-electron chi connectivity index (χ2n) is 5.62. The standard InChI is InChI=1S/C18H18ClNO/c1-12-9-10-17(16(19)11-12)20-18(21)15-8-4-6-13-5-2-3-7-14(13)15/h2-3,5,7,9-11,15H,4,6,8H2,1H3,(H,20,21)/t15-/m0/s1. The van der Waals surface area contributed by atoms with Gasteiger partial charge in [0.2, 0.25) is 5.91 Å². The van der Waals surface area contributed by atoms with Crippen molar-refractivity contribution in [3.8, 4) is 0 Å². The van der Waals surface area contributed by atoms with E-state index in [2.05, 4.69) is 17.4 Å². The topological polar surface area (TPSA) is 29.1 Å². The maximum Gasteiger partial charge on any atom is 0.231 e. The first-order valence-corrected chi connectivity index (χ1v) is 7.68. The van der Waals surface area contributed by atoms with Crippen LogP contribution in [-0.2, 0) is 11.2 Å². The van der Waals surface area contributed by atoms with Gasteiger partial charge in [0.05, 0.1) is 16.6 Å². The van der Waals surface area contributed by atoms with E-state index in [0.717, 1.165) is 30.4 Å². The highest BCUT2D eigenvalue weighted by molar-refractivity contribution is 6.33. The maximum absolute atomic E-state index is 12.6. The third-order valence-electron chi connectivity index (χ3n) is 4.07. The van der Waals surface area contributed by atoms with Gasteiger partial charge in [0, 0.05) is 0 Å². The van der Waals surface area contributed by atoms with Crippen molar-refractivity contribution >= 4 is 23.2 Å². The van der Waals surface area contributed by atoms with Crippen LogP contribution in [0.25, 0.3) is 0 Å². The van der Waals surface area contributed by atoms with E-state index in [4.69, 9.17) is 11.6 Å². The van der Waals surface area contributed by atoms with E-state index >= 15 is 0 Å². The Balaban J connectivity index is 1.83. The van der Waals surface area contributed by atoms with Crippen LogP contribution in [0.5, 0.6) is 0 Å². The minimum atomic E-state index is -0.0766. The van der Waals surface area contributed by atoms with Gasteiger partial charge in [-0.15, -0.1) is 0 Å². The number of rotatable bonds is 2. The fourth-order valence-corrected chi connectivity index (χ4v) is 3.25. The molecule has 0 unspecified atom stereocenters. The maximum atomic E-state index is 12.6. The molecule has 1 amide bonds. The Bertz CT molecular complexity index is 681. The molecule has 1 N–H and O–H groups in total. The lowest BCUT2D eigenvalue weighted by Crippen LogP contribution is -2.24. The number of anilines is 1. The van der Waals surface area contributed by atoms with E-state index in [0.29, 0.717) is 10.7 Å². The lowest BCUT2D eigenvalue weighted by atomic mass is 9.82. The molecule has 0 aromatic heterocycles. The number of carbonyl (C=O) groups excluding carboxylic acids is 1. The lowest BCUT2D eigenvalue weighted by molar-refractivity contribution is -0.117. The summed E-state index contributed by atoms with van der Waals surface area (Å²) in [7, 11) is 0. The van der Waals surface area contributed by atoms with Crippen LogP contribution in [0.2, 0.25) is 5.02 Å². The first-order chi connectivity index (χ1) is 10.1. The van der Waals surface area contributed by atoms with E-state index in [9.17, 15) is 4.79 Å². The van der Waals surface area contributed by atoms with Crippen LogP contribution < -0.4 is 5.32 Å². The molecule has 0 bridgehead atoms. The molecule has 2 aromatic carbocycles. The molecule has 0 aliphatic heterocycles. The second kappa shape index (κ2) is 5.90. The van der Waals surface area contributed by atoms with Crippen LogP contribution in [-0.4, -0.2) is 5.91 Å². The Morgan fingerprint density at radius 3 is 2.86 bits per heavy atom. The number of fused-ring (bicyclic) bond motifs is 1. The number of amides is 1. The highest BCUT2D eigenvalue weighted by Crippen LogP contribution is 2.33. The Kier molecular flexibility index (Phi) is 3.98. The molecule has 1 aliphatic rings. The first kappa shape index (κ1) is 14.2. The van der Waals surface area contributed by atoms with Crippen molar-refractivity contribution in [2.24, 2.45) is 0 Å². The molecule has 0 heterocycles. The normalized spacial score (nSPS) is 17.1. The fourth-order valence-electron chi connectivity index (χ4n) is 2.97. The van der Waals surface area contributed by atoms with E-state index in [1.165, 1.54) is 5.56 Å². The Hall–Kier alpha value is -1.80. The number of halogens is 1. The first-order valence-electron chi connectivity index (χ1n) is 7.30. The van der Waals surface area contributed by atoms with Gasteiger partial charge in [-0.2, -0.15) is 0 Å². The van der Waals surface area contributed by atoms with Crippen molar-refractivity contribution in [2.75, 3.05) is 5.32 Å². The molecule has 1 atom stereocenters. The largest absolute Gasteiger partial charge is 0.324 e. The van der Waals surface area contributed by atoms with Crippen molar-refractivity contribution < 1.29 is 4.79 Å². The minimum Gasteiger partial charge on any atom is -0.324 e. The smallest absolute Gasteiger partial charge is 0.231 e. The zero-order valence-electron chi connectivity index (χ0n) is 12.0. The van der Waals surface area contributed by atoms with Gasteiger partial charge in [0.25, 0.3) is 0 Å². The van der Waals surface area contributed by atoms with E-state index in [-0.39, 0.29) is 11.8 Å². The van der Waals surface area contributed by atoms with Crippen LogP contribution in [0, 0.1) is 6.92 Å². The monoisotopic (exact) mass is 299 g/mol. The molecule has 108 valence electrons. The molecule has 0 saturated heterocycles. The Morgan fingerprint density at radius 2 is 2.05 bits per heavy atom. The molecular weight excluding hydrogens is 282 g/mol. The summed E-state index contributed by atoms with van der Waals surface area (Å²) in [5, 5.41) is 3.57. The predicted molar refractivity (Wildman–Crippen MR) is 86.9 cm³/mol. The summed E-state index contributed by atoms with van der Waals surface area (Å²) in [5.41, 5.74) is 4.22. The number of hydrogen-bond donors (Lipinski definition) is 1. The summed E-state index contributed by atoms with van der Waals surface area (Å²) in [6.45, 7) is 1.98. The van der Waals surface area contributed by atoms with Crippen LogP contribution in [0.4, 0.5) is 5.69 Å². The molecule has 0 fully saturated rings. The van der Waals surface area contributed by atoms with Crippen molar-refractivity contribution in [1.82, 2.24) is 0 Å². The van der Waals surface area contributed by atoms with E-state index in [1.54, 1.807) is 0 Å². The summed E-state index contributed by atoms with van der Waals surface area (Å²) >= 11 is 6.20. The molecule has 3 rings (SSSR count). The van der Waals surface area contributed by atoms with Crippen LogP contribution in [0.3, 0.4) is 0 Å². The Morgan fingerprint density at radius 1 is 1.24 bits per heavy atom. The van der Waals surface area contributed by atoms with Gasteiger partial charge in [0.1, 0.15) is 0 Å². The number of benzene rings is 2. The predicted octanol–water partition coefficient (Wildman–Crippen LogP) is 4.71. The van der Waals surface area contributed by atoms with Crippen molar-refractivity contribution in [1.29, 1.82) is 0 Å². The van der Waals surface area contributed by atoms with Gasteiger partial charge in [-0.25, -0.2) is 0 Å². The van der Waals surface area contributed by atoms with Gasteiger partial charge in [-0.05, 0) is 55.0 Å². The van der Waals surface area contributed by atoms with Crippen molar-refractivity contribution in [2.45, 2.75) is 32.1 Å². The molecule has 0 saturated carbocycles. The van der Waals surface area contributed by atoms with Crippen LogP contribution >= 0.6 is 11.6 Å². The number of carbonyl (C=O) groups is 1. The van der Waals surface area contributed by atoms with Gasteiger partial charge in [0.15, 0.2) is 0 Å². The SMILES string of the molecule is Cc1ccc(NC(=O)[C@H]2CCCc3ccccc32)c(Cl)c1. The number of aryl methyl sites for hydroxylation is 2. The average Bonchev–Trinajstić information content (AvgIpc) is 2.49. The summed E-state index contributed by atoms with van der Waals surface area (Å²) in [6, 6.07) is 13.9. The number of nitrogens with one attached hydrogen (secondary N) is 1. The van der Waals surface area contributed by atoms with Crippen molar-refractivity contribution in [3.05, 3.63) is 64.2 Å². The fraction of sp³-hybridized carbons (Fsp3) is 0.278. The minimum absolute atomic E-state index is 0.0351. The zero-order chi connectivity index (χ0) is 14.8. The average molecular weight is 300 g/mol. The second-order valence-corrected chi connectivity index (χ2v) is 6.02. The summed E-state index contributed by atoms with van der Waals surface area (Å²) < 4.78 is 0. The van der Waals surface area contributed by atoms with Crippen molar-refractivity contribution in [3.63, 3.8) is 0 Å². The number of hydrogen-bond acceptors (Lipinski definition) is 1. The Labute approximate surface area is 130 Å². The zero-order valence-corrected chi connectivity index (χ0v) is 12.8. The lowest BCUT2D eigenvalue weighted by Gasteiger charge is -2.24. The molecule has 0 radical (unpaired) electrons. The summed E-state index contributed by atoms with van der Waals surface area (Å²) in [4.78, 5) is 12.6. The molecule has 2 aromatic rings. The molecular formula is C18H18ClNO. The van der Waals surface area contributed by atoms with E-state index in [1.807, 2.05) is 37.3 Å². The molecule has 3 heteroatoms. The van der Waals surface area contributed by atoms with E-state index < -0.39 is 0 Å². The van der Waals surface area contributed by atoms with Gasteiger partial charge < -0.3 is 5.32 Å². The molecule has 2 nitrogen and oxygen atoms in total. The van der Waals surface area contributed by atoms with Crippen LogP contribution in [0.15, 0.2) is 42.5 Å². The molecule has 21 heavy (non-hydrogen) atoms.